The van der Waals surface area contributed by atoms with Gasteiger partial charge in [0.2, 0.25) is 6.29 Å². The number of hydrogen-bond donors (Lipinski definition) is 4. The highest BCUT2D eigenvalue weighted by Gasteiger charge is 2.44. The Kier molecular flexibility index (Phi) is 7.73. The highest BCUT2D eigenvalue weighted by Crippen LogP contribution is 2.46. The number of rotatable bonds is 6. The van der Waals surface area contributed by atoms with Crippen LogP contribution in [-0.2, 0) is 9.47 Å². The molecule has 2 aliphatic heterocycles. The van der Waals surface area contributed by atoms with Gasteiger partial charge in [0.1, 0.15) is 18.3 Å². The van der Waals surface area contributed by atoms with Crippen LogP contribution in [-0.4, -0.2) is 64.3 Å². The first kappa shape index (κ1) is 27.5. The van der Waals surface area contributed by atoms with E-state index in [0.717, 1.165) is 11.3 Å². The second-order valence-corrected chi connectivity index (χ2v) is 10.2. The Hall–Kier alpha value is -4.02. The monoisotopic (exact) mass is 544 g/mol. The van der Waals surface area contributed by atoms with Crippen LogP contribution in [0, 0.1) is 0 Å². The van der Waals surface area contributed by atoms with E-state index in [9.17, 15) is 24.9 Å². The van der Waals surface area contributed by atoms with E-state index >= 15 is 0 Å². The van der Waals surface area contributed by atoms with Crippen LogP contribution in [0.1, 0.15) is 47.1 Å². The molecule has 5 rings (SSSR count). The molecule has 0 spiro atoms. The third-order valence-electron chi connectivity index (χ3n) is 7.11. The number of fused-ring (bicyclic) bond motifs is 2. The quantitative estimate of drug-likeness (QED) is 0.206. The Bertz CT molecular complexity index is 1450. The largest absolute Gasteiger partial charge is 0.429 e. The number of benzene rings is 3. The lowest BCUT2D eigenvalue weighted by Crippen LogP contribution is -2.57. The predicted octanol–water partition coefficient (Wildman–Crippen LogP) is 4.06. The highest BCUT2D eigenvalue weighted by atomic mass is 16.7. The van der Waals surface area contributed by atoms with Crippen molar-refractivity contribution in [3.8, 4) is 0 Å². The van der Waals surface area contributed by atoms with E-state index < -0.39 is 36.7 Å². The van der Waals surface area contributed by atoms with Gasteiger partial charge in [-0.1, -0.05) is 48.0 Å². The van der Waals surface area contributed by atoms with Crippen LogP contribution in [0.15, 0.2) is 78.4 Å². The van der Waals surface area contributed by atoms with Gasteiger partial charge in [-0.3, -0.25) is 4.79 Å². The zero-order valence-corrected chi connectivity index (χ0v) is 22.4. The second kappa shape index (κ2) is 11.2. The predicted molar refractivity (Wildman–Crippen MR) is 150 cm³/mol. The van der Waals surface area contributed by atoms with E-state index in [-0.39, 0.29) is 11.3 Å². The zero-order chi connectivity index (χ0) is 28.6. The van der Waals surface area contributed by atoms with E-state index in [0.29, 0.717) is 34.7 Å². The summed E-state index contributed by atoms with van der Waals surface area (Å²) in [6, 6.07) is 19.6. The molecule has 9 nitrogen and oxygen atoms in total. The minimum atomic E-state index is -1.61. The molecule has 2 aliphatic rings. The van der Waals surface area contributed by atoms with Gasteiger partial charge < -0.3 is 35.0 Å². The molecule has 0 radical (unpaired) electrons. The molecule has 0 bridgehead atoms. The number of esters is 1. The van der Waals surface area contributed by atoms with Crippen molar-refractivity contribution in [2.45, 2.75) is 51.5 Å². The lowest BCUT2D eigenvalue weighted by atomic mass is 9.99. The lowest BCUT2D eigenvalue weighted by molar-refractivity contribution is -0.276. The number of aliphatic hydroxyl groups is 3. The topological polar surface area (TPSA) is 129 Å². The van der Waals surface area contributed by atoms with E-state index in [1.807, 2.05) is 49.1 Å². The first-order valence-corrected chi connectivity index (χ1v) is 13.1. The van der Waals surface area contributed by atoms with E-state index in [4.69, 9.17) is 9.47 Å². The average molecular weight is 545 g/mol. The number of allylic oxidation sites excluding steroid dienone is 1. The molecule has 0 amide bonds. The molecule has 3 aromatic carbocycles. The third-order valence-corrected chi connectivity index (χ3v) is 7.11. The van der Waals surface area contributed by atoms with E-state index in [1.165, 1.54) is 6.92 Å². The molecule has 40 heavy (non-hydrogen) atoms. The maximum Gasteiger partial charge on any atom is 0.342 e. The number of ether oxygens (including phenoxy) is 2. The fourth-order valence-corrected chi connectivity index (χ4v) is 4.84. The Morgan fingerprint density at radius 3 is 2.40 bits per heavy atom. The van der Waals surface area contributed by atoms with Crippen molar-refractivity contribution in [1.29, 1.82) is 0 Å². The Morgan fingerprint density at radius 2 is 1.68 bits per heavy atom. The first-order chi connectivity index (χ1) is 19.2. The van der Waals surface area contributed by atoms with Crippen LogP contribution in [0.3, 0.4) is 0 Å². The summed E-state index contributed by atoms with van der Waals surface area (Å²) >= 11 is 0. The molecule has 9 heteroatoms. The van der Waals surface area contributed by atoms with E-state index in [1.54, 1.807) is 36.4 Å². The molecule has 3 aromatic rings. The summed E-state index contributed by atoms with van der Waals surface area (Å²) in [5.74, 6) is -0.869. The number of nitrogens with zero attached hydrogens (tertiary/aromatic N) is 1. The van der Waals surface area contributed by atoms with Crippen molar-refractivity contribution in [3.63, 3.8) is 0 Å². The van der Waals surface area contributed by atoms with Crippen molar-refractivity contribution in [3.05, 3.63) is 95.1 Å². The standard InChI is InChI=1S/C31H32N2O7/c1-17(2)14-15-33-23-11-7-10-21(30(38)40-31-29(37)28(36)26(34)18(3)39-31)25(23)32-22-13-12-20(16-24(22)33)27(35)19-8-5-4-6-9-19/h4-14,16,18,26,28-29,31-32,34,36-37H,15H2,1-3H3/t18?,26-,28?,29?,31-/m0/s1. The maximum atomic E-state index is 13.3. The average Bonchev–Trinajstić information content (AvgIpc) is 2.96. The second-order valence-electron chi connectivity index (χ2n) is 10.2. The SMILES string of the molecule is CC(C)=CCN1c2cc(C(=O)c3ccccc3)ccc2Nc2c(C(=O)O[C@@H]3OC(C)[C@H](O)C(O)C3O)cccc21. The lowest BCUT2D eigenvalue weighted by Gasteiger charge is -2.38. The van der Waals surface area contributed by atoms with Gasteiger partial charge in [-0.15, -0.1) is 0 Å². The normalized spacial score (nSPS) is 23.4. The molecule has 1 fully saturated rings. The minimum absolute atomic E-state index is 0.0961. The summed E-state index contributed by atoms with van der Waals surface area (Å²) in [6.07, 6.45) is -4.70. The number of anilines is 4. The van der Waals surface area contributed by atoms with Gasteiger partial charge in [-0.05, 0) is 51.1 Å². The fourth-order valence-electron chi connectivity index (χ4n) is 4.84. The van der Waals surface area contributed by atoms with Gasteiger partial charge in [0.25, 0.3) is 0 Å². The summed E-state index contributed by atoms with van der Waals surface area (Å²) < 4.78 is 10.9. The van der Waals surface area contributed by atoms with Crippen LogP contribution < -0.4 is 10.2 Å². The number of aliphatic hydroxyl groups excluding tert-OH is 3. The highest BCUT2D eigenvalue weighted by molar-refractivity contribution is 6.11. The molecular weight excluding hydrogens is 512 g/mol. The van der Waals surface area contributed by atoms with Crippen molar-refractivity contribution < 1.29 is 34.4 Å². The summed E-state index contributed by atoms with van der Waals surface area (Å²) in [7, 11) is 0. The number of carbonyl (C=O) groups excluding carboxylic acids is 2. The first-order valence-electron chi connectivity index (χ1n) is 13.1. The molecule has 4 N–H and O–H groups in total. The van der Waals surface area contributed by atoms with Gasteiger partial charge in [0.15, 0.2) is 5.78 Å². The molecule has 0 saturated carbocycles. The van der Waals surface area contributed by atoms with Gasteiger partial charge in [-0.2, -0.15) is 0 Å². The van der Waals surface area contributed by atoms with Crippen molar-refractivity contribution in [2.75, 3.05) is 16.8 Å². The molecule has 2 heterocycles. The molecule has 3 unspecified atom stereocenters. The van der Waals surface area contributed by atoms with Crippen LogP contribution in [0.5, 0.6) is 0 Å². The van der Waals surface area contributed by atoms with Crippen molar-refractivity contribution in [2.24, 2.45) is 0 Å². The number of ketones is 1. The van der Waals surface area contributed by atoms with Crippen molar-refractivity contribution >= 4 is 34.5 Å². The van der Waals surface area contributed by atoms with Crippen molar-refractivity contribution in [1.82, 2.24) is 0 Å². The smallest absolute Gasteiger partial charge is 0.342 e. The summed E-state index contributed by atoms with van der Waals surface area (Å²) in [4.78, 5) is 28.6. The molecule has 208 valence electrons. The Balaban J connectivity index is 1.49. The fraction of sp³-hybridized carbons (Fsp3) is 0.290. The van der Waals surface area contributed by atoms with Gasteiger partial charge >= 0.3 is 5.97 Å². The van der Waals surface area contributed by atoms with E-state index in [2.05, 4.69) is 11.4 Å². The van der Waals surface area contributed by atoms with Gasteiger partial charge in [0.05, 0.1) is 34.4 Å². The third kappa shape index (κ3) is 5.24. The molecule has 0 aromatic heterocycles. The number of nitrogens with one attached hydrogen (secondary N) is 1. The number of carbonyl (C=O) groups is 2. The number of para-hydroxylation sites is 1. The Morgan fingerprint density at radius 1 is 0.925 bits per heavy atom. The van der Waals surface area contributed by atoms with Gasteiger partial charge in [0, 0.05) is 17.7 Å². The summed E-state index contributed by atoms with van der Waals surface area (Å²) in [5.41, 5.74) is 5.07. The van der Waals surface area contributed by atoms with Gasteiger partial charge in [-0.25, -0.2) is 4.79 Å². The van der Waals surface area contributed by atoms with Crippen LogP contribution in [0.25, 0.3) is 0 Å². The zero-order valence-electron chi connectivity index (χ0n) is 22.4. The molecule has 5 atom stereocenters. The summed E-state index contributed by atoms with van der Waals surface area (Å²) in [6.45, 7) is 5.99. The number of hydrogen-bond acceptors (Lipinski definition) is 9. The van der Waals surface area contributed by atoms with Crippen LogP contribution in [0.2, 0.25) is 0 Å². The molecule has 0 aliphatic carbocycles. The summed E-state index contributed by atoms with van der Waals surface area (Å²) in [5, 5.41) is 33.7. The Labute approximate surface area is 232 Å². The molecular formula is C31H32N2O7. The molecule has 1 saturated heterocycles. The van der Waals surface area contributed by atoms with Crippen LogP contribution >= 0.6 is 0 Å². The minimum Gasteiger partial charge on any atom is -0.429 e. The maximum absolute atomic E-state index is 13.3. The van der Waals surface area contributed by atoms with Crippen LogP contribution in [0.4, 0.5) is 22.7 Å².